The van der Waals surface area contributed by atoms with E-state index in [4.69, 9.17) is 4.74 Å². The lowest BCUT2D eigenvalue weighted by Gasteiger charge is -2.13. The molecule has 0 radical (unpaired) electrons. The minimum Gasteiger partial charge on any atom is -0.612 e. The number of pyridine rings is 2. The summed E-state index contributed by atoms with van der Waals surface area (Å²) < 4.78 is 19.4. The van der Waals surface area contributed by atoms with Crippen molar-refractivity contribution in [1.82, 2.24) is 9.55 Å². The van der Waals surface area contributed by atoms with E-state index in [0.717, 1.165) is 16.8 Å². The molecule has 2 aromatic heterocycles. The van der Waals surface area contributed by atoms with Crippen LogP contribution in [0.1, 0.15) is 11.3 Å². The Bertz CT molecular complexity index is 942. The topological polar surface area (TPSA) is 67.2 Å². The molecule has 0 fully saturated rings. The number of ether oxygens (including phenoxy) is 1. The van der Waals surface area contributed by atoms with Crippen molar-refractivity contribution in [2.45, 2.75) is 18.4 Å². The van der Waals surface area contributed by atoms with Crippen molar-refractivity contribution >= 4 is 11.2 Å². The van der Waals surface area contributed by atoms with Gasteiger partial charge >= 0.3 is 0 Å². The molecule has 3 aromatic rings. The molecule has 1 aromatic carbocycles. The third-order valence-electron chi connectivity index (χ3n) is 4.02. The smallest absolute Gasteiger partial charge is 0.253 e. The van der Waals surface area contributed by atoms with Gasteiger partial charge in [0.1, 0.15) is 18.6 Å². The summed E-state index contributed by atoms with van der Waals surface area (Å²) in [5.74, 6) is 0.616. The van der Waals surface area contributed by atoms with Crippen LogP contribution in [0.5, 0.6) is 5.75 Å². The summed E-state index contributed by atoms with van der Waals surface area (Å²) in [6.07, 6.45) is 5.12. The molecule has 0 aliphatic carbocycles. The first-order valence-corrected chi connectivity index (χ1v) is 9.69. The lowest BCUT2D eigenvalue weighted by Crippen LogP contribution is -2.18. The Morgan fingerprint density at radius 2 is 2.00 bits per heavy atom. The average Bonchev–Trinajstić information content (AvgIpc) is 2.64. The zero-order chi connectivity index (χ0) is 18.7. The van der Waals surface area contributed by atoms with Gasteiger partial charge in [-0.05, 0) is 53.5 Å². The molecule has 2 heterocycles. The van der Waals surface area contributed by atoms with E-state index in [2.05, 4.69) is 4.98 Å². The molecule has 5 nitrogen and oxygen atoms in total. The van der Waals surface area contributed by atoms with Gasteiger partial charge in [-0.15, -0.1) is 0 Å². The Morgan fingerprint density at radius 3 is 2.65 bits per heavy atom. The van der Waals surface area contributed by atoms with Crippen LogP contribution in [0.25, 0.3) is 11.1 Å². The molecular weight excluding hydrogens is 348 g/mol. The molecule has 0 aliphatic rings. The van der Waals surface area contributed by atoms with E-state index in [-0.39, 0.29) is 5.56 Å². The van der Waals surface area contributed by atoms with Gasteiger partial charge in [0.15, 0.2) is 4.90 Å². The van der Waals surface area contributed by atoms with E-state index in [1.807, 2.05) is 36.4 Å². The third-order valence-corrected chi connectivity index (χ3v) is 4.92. The van der Waals surface area contributed by atoms with Crippen LogP contribution in [0.15, 0.2) is 64.5 Å². The van der Waals surface area contributed by atoms with Crippen LogP contribution < -0.4 is 10.3 Å². The maximum absolute atomic E-state index is 12.0. The minimum atomic E-state index is -1.15. The Morgan fingerprint density at radius 1 is 1.19 bits per heavy atom. The second-order valence-electron chi connectivity index (χ2n) is 6.08. The van der Waals surface area contributed by atoms with Crippen LogP contribution in [0.2, 0.25) is 0 Å². The van der Waals surface area contributed by atoms with Crippen molar-refractivity contribution in [3.63, 3.8) is 0 Å². The molecule has 6 heteroatoms. The van der Waals surface area contributed by atoms with Gasteiger partial charge in [0.25, 0.3) is 5.56 Å². The molecule has 0 amide bonds. The lowest BCUT2D eigenvalue weighted by molar-refractivity contribution is 0.300. The second-order valence-corrected chi connectivity index (χ2v) is 7.46. The Labute approximate surface area is 155 Å². The second kappa shape index (κ2) is 7.76. The van der Waals surface area contributed by atoms with Gasteiger partial charge in [0.2, 0.25) is 0 Å². The average molecular weight is 368 g/mol. The van der Waals surface area contributed by atoms with Crippen molar-refractivity contribution in [2.75, 3.05) is 6.26 Å². The fourth-order valence-corrected chi connectivity index (χ4v) is 3.24. The summed E-state index contributed by atoms with van der Waals surface area (Å²) in [5, 5.41) is 0. The summed E-state index contributed by atoms with van der Waals surface area (Å²) in [5.41, 5.74) is 3.17. The molecule has 26 heavy (non-hydrogen) atoms. The van der Waals surface area contributed by atoms with Gasteiger partial charge < -0.3 is 13.9 Å². The van der Waals surface area contributed by atoms with Gasteiger partial charge in [-0.2, -0.15) is 0 Å². The molecule has 0 saturated heterocycles. The molecule has 0 N–H and O–H groups in total. The Kier molecular flexibility index (Phi) is 5.44. The van der Waals surface area contributed by atoms with E-state index in [9.17, 15) is 9.35 Å². The van der Waals surface area contributed by atoms with E-state index < -0.39 is 11.2 Å². The molecule has 134 valence electrons. The Balaban J connectivity index is 1.97. The van der Waals surface area contributed by atoms with E-state index in [1.54, 1.807) is 43.3 Å². The summed E-state index contributed by atoms with van der Waals surface area (Å²) in [6.45, 7) is 2.11. The first-order valence-electron chi connectivity index (χ1n) is 8.13. The number of aromatic nitrogens is 2. The Hall–Kier alpha value is -2.57. The normalized spacial score (nSPS) is 12.0. The van der Waals surface area contributed by atoms with Gasteiger partial charge in [-0.3, -0.25) is 9.78 Å². The van der Waals surface area contributed by atoms with Gasteiger partial charge in [0.05, 0.1) is 5.69 Å². The maximum atomic E-state index is 12.0. The molecule has 1 atom stereocenters. The van der Waals surface area contributed by atoms with Crippen molar-refractivity contribution < 1.29 is 9.29 Å². The van der Waals surface area contributed by atoms with Crippen molar-refractivity contribution in [2.24, 2.45) is 7.05 Å². The van der Waals surface area contributed by atoms with E-state index in [0.29, 0.717) is 22.8 Å². The largest absolute Gasteiger partial charge is 0.612 e. The standard InChI is InChI=1S/C20H20N2O3S/c1-14-8-16(12-22(2)20(14)23)15-9-18(11-19(10-15)26(3)24)25-13-17-6-4-5-7-21-17/h4-12H,13H2,1-3H3. The highest BCUT2D eigenvalue weighted by molar-refractivity contribution is 7.90. The molecular formula is C20H20N2O3S. The maximum Gasteiger partial charge on any atom is 0.253 e. The number of hydrogen-bond donors (Lipinski definition) is 0. The first-order chi connectivity index (χ1) is 12.4. The number of rotatable bonds is 5. The van der Waals surface area contributed by atoms with Crippen LogP contribution in [-0.4, -0.2) is 20.4 Å². The quantitative estimate of drug-likeness (QED) is 0.649. The minimum absolute atomic E-state index is 0.0319. The van der Waals surface area contributed by atoms with Gasteiger partial charge in [-0.25, -0.2) is 0 Å². The molecule has 0 saturated carbocycles. The fraction of sp³-hybridized carbons (Fsp3) is 0.200. The van der Waals surface area contributed by atoms with Gasteiger partial charge in [-0.1, -0.05) is 6.07 Å². The summed E-state index contributed by atoms with van der Waals surface area (Å²) in [7, 11) is 1.72. The summed E-state index contributed by atoms with van der Waals surface area (Å²) in [4.78, 5) is 16.8. The molecule has 0 aliphatic heterocycles. The predicted molar refractivity (Wildman–Crippen MR) is 103 cm³/mol. The van der Waals surface area contributed by atoms with Crippen LogP contribution in [-0.2, 0) is 24.8 Å². The SMILES string of the molecule is Cc1cc(-c2cc(OCc3ccccn3)cc([S+](C)[O-])c2)cn(C)c1=O. The van der Waals surface area contributed by atoms with Crippen LogP contribution in [0.4, 0.5) is 0 Å². The van der Waals surface area contributed by atoms with Crippen molar-refractivity contribution in [1.29, 1.82) is 0 Å². The summed E-state index contributed by atoms with van der Waals surface area (Å²) in [6, 6.07) is 13.0. The predicted octanol–water partition coefficient (Wildman–Crippen LogP) is 3.07. The number of hydrogen-bond acceptors (Lipinski definition) is 4. The first kappa shape index (κ1) is 18.2. The van der Waals surface area contributed by atoms with E-state index >= 15 is 0 Å². The zero-order valence-electron chi connectivity index (χ0n) is 14.9. The molecule has 3 rings (SSSR count). The van der Waals surface area contributed by atoms with E-state index in [1.165, 1.54) is 0 Å². The molecule has 0 bridgehead atoms. The van der Waals surface area contributed by atoms with Crippen LogP contribution >= 0.6 is 0 Å². The van der Waals surface area contributed by atoms with Crippen molar-refractivity contribution in [3.8, 4) is 16.9 Å². The fourth-order valence-electron chi connectivity index (χ4n) is 2.66. The molecule has 1 unspecified atom stereocenters. The highest BCUT2D eigenvalue weighted by Gasteiger charge is 2.12. The summed E-state index contributed by atoms with van der Waals surface area (Å²) >= 11 is -1.15. The number of benzene rings is 1. The lowest BCUT2D eigenvalue weighted by atomic mass is 10.1. The number of nitrogens with zero attached hydrogens (tertiary/aromatic N) is 2. The van der Waals surface area contributed by atoms with Gasteiger partial charge in [0, 0.05) is 37.1 Å². The van der Waals surface area contributed by atoms with Crippen molar-refractivity contribution in [3.05, 3.63) is 76.5 Å². The van der Waals surface area contributed by atoms with Crippen LogP contribution in [0, 0.1) is 6.92 Å². The monoisotopic (exact) mass is 368 g/mol. The van der Waals surface area contributed by atoms with Crippen LogP contribution in [0.3, 0.4) is 0 Å². The third kappa shape index (κ3) is 4.15. The number of aryl methyl sites for hydroxylation is 2. The zero-order valence-corrected chi connectivity index (χ0v) is 15.7. The highest BCUT2D eigenvalue weighted by atomic mass is 32.2. The molecule has 0 spiro atoms. The highest BCUT2D eigenvalue weighted by Crippen LogP contribution is 2.28.